The highest BCUT2D eigenvalue weighted by atomic mass is 35.5. The van der Waals surface area contributed by atoms with Gasteiger partial charge in [-0.3, -0.25) is 4.98 Å². The van der Waals surface area contributed by atoms with Gasteiger partial charge in [-0.25, -0.2) is 9.97 Å². The number of aromatic nitrogens is 3. The van der Waals surface area contributed by atoms with Gasteiger partial charge in [-0.05, 0) is 30.5 Å². The van der Waals surface area contributed by atoms with E-state index in [0.29, 0.717) is 10.8 Å². The van der Waals surface area contributed by atoms with Gasteiger partial charge in [-0.2, -0.15) is 13.2 Å². The maximum atomic E-state index is 12.8. The number of hydrogen-bond acceptors (Lipinski definition) is 4. The molecule has 0 aliphatic carbocycles. The Morgan fingerprint density at radius 3 is 2.42 bits per heavy atom. The van der Waals surface area contributed by atoms with Crippen LogP contribution in [0.3, 0.4) is 0 Å². The van der Waals surface area contributed by atoms with Gasteiger partial charge in [-0.15, -0.1) is 0 Å². The van der Waals surface area contributed by atoms with Gasteiger partial charge in [0.25, 0.3) is 0 Å². The molecule has 132 valence electrons. The van der Waals surface area contributed by atoms with Crippen LogP contribution in [0.1, 0.15) is 43.3 Å². The average molecular weight is 378 g/mol. The predicted molar refractivity (Wildman–Crippen MR) is 91.3 cm³/mol. The summed E-state index contributed by atoms with van der Waals surface area (Å²) in [6.07, 6.45) is -0.507. The zero-order valence-corrected chi connectivity index (χ0v) is 15.5. The molecule has 0 spiro atoms. The molecule has 0 saturated carbocycles. The summed E-state index contributed by atoms with van der Waals surface area (Å²) < 4.78 is 38.3. The zero-order valence-electron chi connectivity index (χ0n) is 13.9. The second-order valence-corrected chi connectivity index (χ2v) is 5.93. The Morgan fingerprint density at radius 1 is 1.17 bits per heavy atom. The lowest BCUT2D eigenvalue weighted by Gasteiger charge is -2.10. The number of rotatable bonds is 4. The first-order valence-corrected chi connectivity index (χ1v) is 8.84. The summed E-state index contributed by atoms with van der Waals surface area (Å²) in [5.41, 5.74) is 1.16. The molecule has 0 N–H and O–H groups in total. The van der Waals surface area contributed by atoms with Crippen molar-refractivity contribution in [2.75, 3.05) is 0 Å². The first-order valence-electron chi connectivity index (χ1n) is 7.48. The number of aryl methyl sites for hydroxylation is 2. The van der Waals surface area contributed by atoms with Crippen LogP contribution < -0.4 is 0 Å². The Hall–Kier alpha value is -1.34. The van der Waals surface area contributed by atoms with Crippen molar-refractivity contribution >= 4 is 23.4 Å². The number of alkyl halides is 3. The molecule has 0 radical (unpaired) electrons. The Balaban J connectivity index is 0.00000139. The van der Waals surface area contributed by atoms with Crippen molar-refractivity contribution in [3.05, 3.63) is 46.0 Å². The lowest BCUT2D eigenvalue weighted by Crippen LogP contribution is -2.10. The maximum absolute atomic E-state index is 12.8. The molecule has 2 aromatic rings. The third-order valence-electron chi connectivity index (χ3n) is 2.94. The minimum absolute atomic E-state index is 0.0854. The van der Waals surface area contributed by atoms with Crippen LogP contribution in [-0.4, -0.2) is 15.0 Å². The van der Waals surface area contributed by atoms with Crippen molar-refractivity contribution in [3.8, 4) is 0 Å². The molecule has 0 unspecified atom stereocenters. The standard InChI is InChI=1S/C14H13ClF3N3S.C2H6/c1-3-9-5-19-6-11(15)10(9)7-22-13-20-8(2)4-12(21-13)14(16,17)18;1-2/h4-6H,3,7H2,1-2H3;1-2H3. The van der Waals surface area contributed by atoms with Crippen LogP contribution >= 0.6 is 23.4 Å². The van der Waals surface area contributed by atoms with Crippen molar-refractivity contribution in [2.45, 2.75) is 51.2 Å². The van der Waals surface area contributed by atoms with Crippen LogP contribution in [-0.2, 0) is 18.3 Å². The van der Waals surface area contributed by atoms with Crippen LogP contribution in [0.2, 0.25) is 5.02 Å². The maximum Gasteiger partial charge on any atom is 0.433 e. The van der Waals surface area contributed by atoms with E-state index in [0.717, 1.165) is 35.4 Å². The van der Waals surface area contributed by atoms with Gasteiger partial charge in [0.2, 0.25) is 0 Å². The summed E-state index contributed by atoms with van der Waals surface area (Å²) in [5, 5.41) is 0.581. The van der Waals surface area contributed by atoms with E-state index in [-0.39, 0.29) is 10.9 Å². The van der Waals surface area contributed by atoms with E-state index >= 15 is 0 Å². The van der Waals surface area contributed by atoms with Crippen molar-refractivity contribution in [1.29, 1.82) is 0 Å². The van der Waals surface area contributed by atoms with E-state index in [2.05, 4.69) is 15.0 Å². The highest BCUT2D eigenvalue weighted by molar-refractivity contribution is 7.98. The van der Waals surface area contributed by atoms with Gasteiger partial charge in [0.15, 0.2) is 5.16 Å². The second kappa shape index (κ2) is 9.22. The molecule has 0 atom stereocenters. The van der Waals surface area contributed by atoms with Crippen LogP contribution in [0, 0.1) is 6.92 Å². The van der Waals surface area contributed by atoms with Crippen molar-refractivity contribution < 1.29 is 13.2 Å². The number of nitrogens with zero attached hydrogens (tertiary/aromatic N) is 3. The molecule has 2 aromatic heterocycles. The minimum Gasteiger partial charge on any atom is -0.263 e. The van der Waals surface area contributed by atoms with Gasteiger partial charge in [0.1, 0.15) is 5.69 Å². The highest BCUT2D eigenvalue weighted by Crippen LogP contribution is 2.31. The summed E-state index contributed by atoms with van der Waals surface area (Å²) in [6, 6.07) is 0.931. The Labute approximate surface area is 149 Å². The van der Waals surface area contributed by atoms with E-state index in [1.165, 1.54) is 13.1 Å². The van der Waals surface area contributed by atoms with Crippen molar-refractivity contribution in [2.24, 2.45) is 0 Å². The molecule has 8 heteroatoms. The van der Waals surface area contributed by atoms with E-state index in [4.69, 9.17) is 11.6 Å². The highest BCUT2D eigenvalue weighted by Gasteiger charge is 2.33. The minimum atomic E-state index is -4.48. The largest absolute Gasteiger partial charge is 0.433 e. The Morgan fingerprint density at radius 2 is 1.83 bits per heavy atom. The summed E-state index contributed by atoms with van der Waals surface area (Å²) in [7, 11) is 0. The molecule has 0 aromatic carbocycles. The molecular weight excluding hydrogens is 359 g/mol. The second-order valence-electron chi connectivity index (χ2n) is 4.58. The normalized spacial score (nSPS) is 11.0. The number of thioether (sulfide) groups is 1. The van der Waals surface area contributed by atoms with Crippen LogP contribution in [0.25, 0.3) is 0 Å². The molecule has 0 fully saturated rings. The summed E-state index contributed by atoms with van der Waals surface area (Å²) in [4.78, 5) is 11.6. The third kappa shape index (κ3) is 5.63. The fourth-order valence-corrected chi connectivity index (χ4v) is 3.17. The third-order valence-corrected chi connectivity index (χ3v) is 4.14. The topological polar surface area (TPSA) is 38.7 Å². The van der Waals surface area contributed by atoms with Crippen LogP contribution in [0.5, 0.6) is 0 Å². The van der Waals surface area contributed by atoms with E-state index in [1.807, 2.05) is 20.8 Å². The van der Waals surface area contributed by atoms with Crippen LogP contribution in [0.15, 0.2) is 23.6 Å². The van der Waals surface area contributed by atoms with Gasteiger partial charge in [0, 0.05) is 23.8 Å². The summed E-state index contributed by atoms with van der Waals surface area (Å²) in [5.74, 6) is 0.394. The molecule has 24 heavy (non-hydrogen) atoms. The zero-order chi connectivity index (χ0) is 18.3. The Bertz CT molecular complexity index is 678. The van der Waals surface area contributed by atoms with Crippen LogP contribution in [0.4, 0.5) is 13.2 Å². The van der Waals surface area contributed by atoms with Gasteiger partial charge in [-0.1, -0.05) is 44.1 Å². The molecule has 0 aliphatic heterocycles. The average Bonchev–Trinajstić information content (AvgIpc) is 2.54. The van der Waals surface area contributed by atoms with Crippen molar-refractivity contribution in [3.63, 3.8) is 0 Å². The smallest absolute Gasteiger partial charge is 0.263 e. The molecule has 2 rings (SSSR count). The quantitative estimate of drug-likeness (QED) is 0.503. The van der Waals surface area contributed by atoms with Gasteiger partial charge < -0.3 is 0 Å². The Kier molecular flexibility index (Phi) is 7.96. The lowest BCUT2D eigenvalue weighted by molar-refractivity contribution is -0.141. The van der Waals surface area contributed by atoms with Crippen molar-refractivity contribution in [1.82, 2.24) is 15.0 Å². The number of pyridine rings is 1. The lowest BCUT2D eigenvalue weighted by atomic mass is 10.1. The number of halogens is 4. The fraction of sp³-hybridized carbons (Fsp3) is 0.438. The molecular formula is C16H19ClF3N3S. The summed E-state index contributed by atoms with van der Waals surface area (Å²) >= 11 is 7.24. The first-order chi connectivity index (χ1) is 11.3. The monoisotopic (exact) mass is 377 g/mol. The van der Waals surface area contributed by atoms with E-state index in [9.17, 15) is 13.2 Å². The first kappa shape index (κ1) is 20.7. The molecule has 2 heterocycles. The van der Waals surface area contributed by atoms with E-state index < -0.39 is 11.9 Å². The van der Waals surface area contributed by atoms with E-state index in [1.54, 1.807) is 6.20 Å². The predicted octanol–water partition coefficient (Wildman–Crippen LogP) is 5.73. The van der Waals surface area contributed by atoms with Gasteiger partial charge in [0.05, 0.1) is 5.02 Å². The SMILES string of the molecule is CC.CCc1cncc(Cl)c1CSc1nc(C)cc(C(F)(F)F)n1. The molecule has 0 aliphatic rings. The molecule has 0 bridgehead atoms. The molecule has 0 saturated heterocycles. The fourth-order valence-electron chi connectivity index (χ4n) is 1.86. The molecule has 3 nitrogen and oxygen atoms in total. The summed E-state index contributed by atoms with van der Waals surface area (Å²) in [6.45, 7) is 7.48. The van der Waals surface area contributed by atoms with Gasteiger partial charge >= 0.3 is 6.18 Å². The number of hydrogen-bond donors (Lipinski definition) is 0. The molecule has 0 amide bonds.